The number of carbonyl (C=O) groups is 2. The van der Waals surface area contributed by atoms with Crippen molar-refractivity contribution in [1.82, 2.24) is 25.0 Å². The molecule has 0 spiro atoms. The fourth-order valence-electron chi connectivity index (χ4n) is 3.93. The number of amides is 2. The van der Waals surface area contributed by atoms with Crippen molar-refractivity contribution < 1.29 is 14.0 Å². The molecule has 3 heterocycles. The van der Waals surface area contributed by atoms with E-state index in [0.29, 0.717) is 33.0 Å². The minimum absolute atomic E-state index is 0.0102. The molecule has 0 unspecified atom stereocenters. The van der Waals surface area contributed by atoms with E-state index in [-0.39, 0.29) is 30.2 Å². The van der Waals surface area contributed by atoms with Crippen LogP contribution in [0.1, 0.15) is 41.9 Å². The van der Waals surface area contributed by atoms with Gasteiger partial charge in [-0.05, 0) is 49.9 Å². The first kappa shape index (κ1) is 22.9. The van der Waals surface area contributed by atoms with Crippen molar-refractivity contribution in [3.8, 4) is 11.5 Å². The molecule has 8 nitrogen and oxygen atoms in total. The summed E-state index contributed by atoms with van der Waals surface area (Å²) in [4.78, 5) is 33.5. The van der Waals surface area contributed by atoms with E-state index in [4.69, 9.17) is 16.0 Å². The molecular formula is C24H24ClN5O3S. The second-order valence-corrected chi connectivity index (χ2v) is 9.81. The lowest BCUT2D eigenvalue weighted by Crippen LogP contribution is -2.34. The van der Waals surface area contributed by atoms with E-state index in [1.165, 1.54) is 11.8 Å². The zero-order chi connectivity index (χ0) is 23.5. The van der Waals surface area contributed by atoms with Gasteiger partial charge in [0, 0.05) is 25.3 Å². The highest BCUT2D eigenvalue weighted by Crippen LogP contribution is 2.31. The summed E-state index contributed by atoms with van der Waals surface area (Å²) in [5.74, 6) is 0.973. The first-order chi connectivity index (χ1) is 16.6. The Morgan fingerprint density at radius 3 is 2.62 bits per heavy atom. The second kappa shape index (κ2) is 10.1. The number of halogens is 1. The van der Waals surface area contributed by atoms with Gasteiger partial charge in [-0.2, -0.15) is 0 Å². The van der Waals surface area contributed by atoms with Crippen LogP contribution in [0.2, 0.25) is 5.02 Å². The Morgan fingerprint density at radius 2 is 1.91 bits per heavy atom. The number of aromatic nitrogens is 3. The van der Waals surface area contributed by atoms with Crippen LogP contribution in [0.3, 0.4) is 0 Å². The van der Waals surface area contributed by atoms with E-state index in [2.05, 4.69) is 15.2 Å². The average molecular weight is 498 g/mol. The van der Waals surface area contributed by atoms with Crippen LogP contribution in [-0.2, 0) is 11.3 Å². The van der Waals surface area contributed by atoms with Gasteiger partial charge in [0.15, 0.2) is 0 Å². The smallest absolute Gasteiger partial charge is 0.255 e. The second-order valence-electron chi connectivity index (χ2n) is 8.41. The summed E-state index contributed by atoms with van der Waals surface area (Å²) in [6, 6.07) is 11.0. The number of likely N-dealkylation sites (tertiary alicyclic amines) is 1. The number of hydrogen-bond donors (Lipinski definition) is 0. The Hall–Kier alpha value is -2.91. The molecule has 1 aliphatic carbocycles. The third-order valence-electron chi connectivity index (χ3n) is 5.90. The summed E-state index contributed by atoms with van der Waals surface area (Å²) < 4.78 is 5.79. The van der Waals surface area contributed by atoms with Crippen LogP contribution < -0.4 is 0 Å². The van der Waals surface area contributed by atoms with Crippen LogP contribution in [0, 0.1) is 0 Å². The van der Waals surface area contributed by atoms with Gasteiger partial charge in [0.2, 0.25) is 17.7 Å². The predicted octanol–water partition coefficient (Wildman–Crippen LogP) is 4.30. The molecule has 34 heavy (non-hydrogen) atoms. The minimum atomic E-state index is -0.0102. The number of carbonyl (C=O) groups excluding carboxylic acids is 2. The van der Waals surface area contributed by atoms with Crippen molar-refractivity contribution in [3.05, 3.63) is 59.1 Å². The molecule has 0 N–H and O–H groups in total. The molecule has 1 saturated carbocycles. The summed E-state index contributed by atoms with van der Waals surface area (Å²) >= 11 is 7.58. The topological polar surface area (TPSA) is 92.4 Å². The quantitative estimate of drug-likeness (QED) is 0.428. The fourth-order valence-corrected chi connectivity index (χ4v) is 4.87. The molecule has 0 radical (unpaired) electrons. The van der Waals surface area contributed by atoms with Crippen molar-refractivity contribution >= 4 is 35.2 Å². The lowest BCUT2D eigenvalue weighted by Gasteiger charge is -2.20. The van der Waals surface area contributed by atoms with Gasteiger partial charge in [0.05, 0.1) is 33.5 Å². The zero-order valence-electron chi connectivity index (χ0n) is 18.5. The van der Waals surface area contributed by atoms with Crippen molar-refractivity contribution in [2.45, 2.75) is 43.3 Å². The van der Waals surface area contributed by atoms with Crippen LogP contribution in [0.15, 0.2) is 52.0 Å². The van der Waals surface area contributed by atoms with Crippen LogP contribution in [-0.4, -0.2) is 61.7 Å². The molecular weight excluding hydrogens is 474 g/mol. The van der Waals surface area contributed by atoms with Gasteiger partial charge < -0.3 is 14.2 Å². The summed E-state index contributed by atoms with van der Waals surface area (Å²) in [6.45, 7) is 1.87. The van der Waals surface area contributed by atoms with E-state index in [1.807, 2.05) is 23.1 Å². The van der Waals surface area contributed by atoms with E-state index in [9.17, 15) is 9.59 Å². The number of thioether (sulfide) groups is 1. The normalized spacial score (nSPS) is 15.5. The Balaban J connectivity index is 1.19. The third-order valence-corrected chi connectivity index (χ3v) is 7.16. The van der Waals surface area contributed by atoms with Gasteiger partial charge in [0.1, 0.15) is 0 Å². The van der Waals surface area contributed by atoms with Gasteiger partial charge >= 0.3 is 0 Å². The first-order valence-corrected chi connectivity index (χ1v) is 12.7. The third kappa shape index (κ3) is 5.26. The largest absolute Gasteiger partial charge is 0.419 e. The molecule has 2 aliphatic rings. The SMILES string of the molecule is O=C(c1ccc(SCC(=O)N(Cc2nnc(-c3ccccc3Cl)o2)C2CC2)nc1)N1CCCC1. The molecule has 2 amide bonds. The van der Waals surface area contributed by atoms with Crippen molar-refractivity contribution in [3.63, 3.8) is 0 Å². The molecule has 1 aliphatic heterocycles. The molecule has 3 aromatic rings. The van der Waals surface area contributed by atoms with Gasteiger partial charge in [-0.3, -0.25) is 9.59 Å². The van der Waals surface area contributed by atoms with Gasteiger partial charge in [-0.15, -0.1) is 10.2 Å². The summed E-state index contributed by atoms with van der Waals surface area (Å²) in [5.41, 5.74) is 1.25. The predicted molar refractivity (Wildman–Crippen MR) is 128 cm³/mol. The van der Waals surface area contributed by atoms with Gasteiger partial charge in [-0.1, -0.05) is 35.5 Å². The molecule has 2 fully saturated rings. The highest BCUT2D eigenvalue weighted by Gasteiger charge is 2.33. The number of benzene rings is 1. The monoisotopic (exact) mass is 497 g/mol. The first-order valence-electron chi connectivity index (χ1n) is 11.3. The Bertz CT molecular complexity index is 1180. The minimum Gasteiger partial charge on any atom is -0.419 e. The van der Waals surface area contributed by atoms with Crippen molar-refractivity contribution in [1.29, 1.82) is 0 Å². The molecule has 1 aromatic carbocycles. The summed E-state index contributed by atoms with van der Waals surface area (Å²) in [5, 5.41) is 9.46. The van der Waals surface area contributed by atoms with Crippen LogP contribution >= 0.6 is 23.4 Å². The molecule has 1 saturated heterocycles. The van der Waals surface area contributed by atoms with Gasteiger partial charge in [0.25, 0.3) is 5.91 Å². The van der Waals surface area contributed by atoms with Crippen LogP contribution in [0.25, 0.3) is 11.5 Å². The summed E-state index contributed by atoms with van der Waals surface area (Å²) in [7, 11) is 0. The van der Waals surface area contributed by atoms with Crippen LogP contribution in [0.4, 0.5) is 0 Å². The van der Waals surface area contributed by atoms with Crippen LogP contribution in [0.5, 0.6) is 0 Å². The number of rotatable bonds is 8. The Morgan fingerprint density at radius 1 is 1.12 bits per heavy atom. The zero-order valence-corrected chi connectivity index (χ0v) is 20.1. The van der Waals surface area contributed by atoms with E-state index in [0.717, 1.165) is 38.8 Å². The molecule has 2 aromatic heterocycles. The maximum atomic E-state index is 13.0. The highest BCUT2D eigenvalue weighted by atomic mass is 35.5. The number of pyridine rings is 1. The summed E-state index contributed by atoms with van der Waals surface area (Å²) in [6.07, 6.45) is 5.64. The standard InChI is InChI=1S/C24H24ClN5O3S/c25-19-6-2-1-5-18(19)23-28-27-20(33-23)14-30(17-8-9-17)22(31)15-34-21-10-7-16(13-26-21)24(32)29-11-3-4-12-29/h1-2,5-7,10,13,17H,3-4,8-9,11-12,14-15H2. The number of nitrogens with zero attached hydrogens (tertiary/aromatic N) is 5. The average Bonchev–Trinajstić information content (AvgIpc) is 3.34. The maximum absolute atomic E-state index is 13.0. The Labute approximate surface area is 206 Å². The lowest BCUT2D eigenvalue weighted by atomic mass is 10.2. The van der Waals surface area contributed by atoms with Crippen molar-refractivity contribution in [2.75, 3.05) is 18.8 Å². The molecule has 5 rings (SSSR count). The fraction of sp³-hybridized carbons (Fsp3) is 0.375. The Kier molecular flexibility index (Phi) is 6.82. The molecule has 176 valence electrons. The molecule has 0 atom stereocenters. The van der Waals surface area contributed by atoms with E-state index >= 15 is 0 Å². The van der Waals surface area contributed by atoms with Crippen molar-refractivity contribution in [2.24, 2.45) is 0 Å². The lowest BCUT2D eigenvalue weighted by molar-refractivity contribution is -0.129. The maximum Gasteiger partial charge on any atom is 0.255 e. The van der Waals surface area contributed by atoms with Gasteiger partial charge in [-0.25, -0.2) is 4.98 Å². The molecule has 0 bridgehead atoms. The van der Waals surface area contributed by atoms with E-state index in [1.54, 1.807) is 29.3 Å². The highest BCUT2D eigenvalue weighted by molar-refractivity contribution is 7.99. The number of hydrogen-bond acceptors (Lipinski definition) is 7. The molecule has 10 heteroatoms. The van der Waals surface area contributed by atoms with E-state index < -0.39 is 0 Å².